The van der Waals surface area contributed by atoms with E-state index in [-0.39, 0.29) is 0 Å². The molecule has 2 heterocycles. The van der Waals surface area contributed by atoms with E-state index in [9.17, 15) is 0 Å². The van der Waals surface area contributed by atoms with Gasteiger partial charge in [0.05, 0.1) is 11.8 Å². The lowest BCUT2D eigenvalue weighted by Crippen LogP contribution is -1.79. The largest absolute Gasteiger partial charge is 0.333 e. The first-order chi connectivity index (χ1) is 4.38. The molecule has 2 aromatic rings. The molecule has 0 saturated heterocycles. The molecule has 0 aliphatic heterocycles. The number of aromatic nitrogens is 2. The van der Waals surface area contributed by atoms with E-state index >= 15 is 0 Å². The fraction of sp³-hybridized carbons (Fsp3) is 0.167. The molecule has 2 nitrogen and oxygen atoms in total. The van der Waals surface area contributed by atoms with Crippen molar-refractivity contribution in [3.63, 3.8) is 0 Å². The summed E-state index contributed by atoms with van der Waals surface area (Å²) in [5.41, 5.74) is 1.22. The van der Waals surface area contributed by atoms with E-state index in [2.05, 4.69) is 16.4 Å². The molecule has 0 amide bonds. The fourth-order valence-electron chi connectivity index (χ4n) is 0.861. The van der Waals surface area contributed by atoms with Crippen molar-refractivity contribution in [2.75, 3.05) is 0 Å². The van der Waals surface area contributed by atoms with Gasteiger partial charge in [0.25, 0.3) is 0 Å². The van der Waals surface area contributed by atoms with Crippen molar-refractivity contribution < 1.29 is 0 Å². The number of aryl methyl sites for hydroxylation is 1. The molecule has 0 saturated carbocycles. The second kappa shape index (κ2) is 1.57. The van der Waals surface area contributed by atoms with Crippen molar-refractivity contribution in [3.05, 3.63) is 17.8 Å². The van der Waals surface area contributed by atoms with E-state index in [0.29, 0.717) is 0 Å². The maximum atomic E-state index is 4.16. The van der Waals surface area contributed by atoms with Crippen molar-refractivity contribution in [3.8, 4) is 0 Å². The lowest BCUT2D eigenvalue weighted by atomic mass is 10.6. The third kappa shape index (κ3) is 0.580. The van der Waals surface area contributed by atoms with Crippen LogP contribution < -0.4 is 0 Å². The summed E-state index contributed by atoms with van der Waals surface area (Å²) in [6, 6.07) is 2.08. The van der Waals surface area contributed by atoms with Crippen molar-refractivity contribution >= 4 is 21.7 Å². The summed E-state index contributed by atoms with van der Waals surface area (Å²) in [6.07, 6.45) is 1.83. The predicted molar refractivity (Wildman–Crippen MR) is 38.6 cm³/mol. The van der Waals surface area contributed by atoms with Gasteiger partial charge in [-0.1, -0.05) is 0 Å². The fourth-order valence-corrected chi connectivity index (χ4v) is 1.63. The molecule has 0 aromatic carbocycles. The molecular formula is C6H6N2S. The third-order valence-electron chi connectivity index (χ3n) is 1.35. The van der Waals surface area contributed by atoms with Crippen molar-refractivity contribution in [1.29, 1.82) is 0 Å². The first-order valence-corrected chi connectivity index (χ1v) is 3.60. The van der Waals surface area contributed by atoms with Crippen LogP contribution in [0.3, 0.4) is 0 Å². The highest BCUT2D eigenvalue weighted by Gasteiger charge is 1.96. The minimum Gasteiger partial charge on any atom is -0.333 e. The molecule has 2 aromatic heterocycles. The van der Waals surface area contributed by atoms with Crippen LogP contribution in [0, 0.1) is 0 Å². The summed E-state index contributed by atoms with van der Waals surface area (Å²) in [6.45, 7) is 0. The predicted octanol–water partition coefficient (Wildman–Crippen LogP) is 1.63. The smallest absolute Gasteiger partial charge is 0.141 e. The first kappa shape index (κ1) is 4.99. The summed E-state index contributed by atoms with van der Waals surface area (Å²) >= 11 is 1.68. The second-order valence-corrected chi connectivity index (χ2v) is 2.86. The average Bonchev–Trinajstić information content (AvgIpc) is 2.35. The standard InChI is InChI=1S/C6H6N2S/c1-8-4-7-6-5(8)2-3-9-6/h2-4H,1H3. The SMILES string of the molecule is Cn1cnc2sccc21. The summed E-state index contributed by atoms with van der Waals surface area (Å²) in [5, 5.41) is 2.05. The summed E-state index contributed by atoms with van der Waals surface area (Å²) < 4.78 is 2.02. The Hall–Kier alpha value is -0.830. The molecule has 46 valence electrons. The van der Waals surface area contributed by atoms with Crippen LogP contribution in [0.4, 0.5) is 0 Å². The number of imidazole rings is 1. The molecule has 0 aliphatic carbocycles. The van der Waals surface area contributed by atoms with Gasteiger partial charge in [-0.2, -0.15) is 0 Å². The summed E-state index contributed by atoms with van der Waals surface area (Å²) in [7, 11) is 2.00. The number of hydrogen-bond acceptors (Lipinski definition) is 2. The van der Waals surface area contributed by atoms with Crippen molar-refractivity contribution in [2.24, 2.45) is 7.05 Å². The van der Waals surface area contributed by atoms with Gasteiger partial charge in [0.1, 0.15) is 4.83 Å². The molecule has 0 fully saturated rings. The number of hydrogen-bond donors (Lipinski definition) is 0. The monoisotopic (exact) mass is 138 g/mol. The Bertz CT molecular complexity index is 320. The van der Waals surface area contributed by atoms with Gasteiger partial charge in [-0.05, 0) is 11.4 Å². The molecule has 9 heavy (non-hydrogen) atoms. The van der Waals surface area contributed by atoms with E-state index in [1.165, 1.54) is 5.52 Å². The normalized spacial score (nSPS) is 10.8. The molecule has 0 aliphatic rings. The molecule has 0 radical (unpaired) electrons. The maximum Gasteiger partial charge on any atom is 0.141 e. The van der Waals surface area contributed by atoms with Crippen LogP contribution in [-0.2, 0) is 7.05 Å². The van der Waals surface area contributed by atoms with E-state index in [4.69, 9.17) is 0 Å². The Morgan fingerprint density at radius 3 is 3.33 bits per heavy atom. The zero-order valence-electron chi connectivity index (χ0n) is 5.03. The molecule has 0 unspecified atom stereocenters. The van der Waals surface area contributed by atoms with E-state index < -0.39 is 0 Å². The van der Waals surface area contributed by atoms with Crippen LogP contribution in [0.2, 0.25) is 0 Å². The Morgan fingerprint density at radius 2 is 2.56 bits per heavy atom. The summed E-state index contributed by atoms with van der Waals surface area (Å²) in [4.78, 5) is 5.28. The van der Waals surface area contributed by atoms with Crippen LogP contribution in [0.5, 0.6) is 0 Å². The second-order valence-electron chi connectivity index (χ2n) is 1.97. The molecule has 0 bridgehead atoms. The Morgan fingerprint density at radius 1 is 1.67 bits per heavy atom. The summed E-state index contributed by atoms with van der Waals surface area (Å²) in [5.74, 6) is 0. The molecule has 0 atom stereocenters. The van der Waals surface area contributed by atoms with Gasteiger partial charge >= 0.3 is 0 Å². The highest BCUT2D eigenvalue weighted by Crippen LogP contribution is 2.16. The molecular weight excluding hydrogens is 132 g/mol. The van der Waals surface area contributed by atoms with Crippen molar-refractivity contribution in [1.82, 2.24) is 9.55 Å². The van der Waals surface area contributed by atoms with Crippen LogP contribution in [0.1, 0.15) is 0 Å². The van der Waals surface area contributed by atoms with Crippen LogP contribution in [0.15, 0.2) is 17.8 Å². The zero-order valence-corrected chi connectivity index (χ0v) is 5.85. The molecule has 0 N–H and O–H groups in total. The number of rotatable bonds is 0. The quantitative estimate of drug-likeness (QED) is 0.541. The zero-order chi connectivity index (χ0) is 6.27. The molecule has 0 spiro atoms. The van der Waals surface area contributed by atoms with Gasteiger partial charge in [-0.25, -0.2) is 4.98 Å². The average molecular weight is 138 g/mol. The Kier molecular flexibility index (Phi) is 0.873. The number of nitrogens with zero attached hydrogens (tertiary/aromatic N) is 2. The van der Waals surface area contributed by atoms with Crippen LogP contribution in [-0.4, -0.2) is 9.55 Å². The minimum atomic E-state index is 1.12. The maximum absolute atomic E-state index is 4.16. The molecule has 2 rings (SSSR count). The van der Waals surface area contributed by atoms with E-state index in [0.717, 1.165) is 4.83 Å². The van der Waals surface area contributed by atoms with Crippen LogP contribution >= 0.6 is 11.3 Å². The minimum absolute atomic E-state index is 1.12. The van der Waals surface area contributed by atoms with Gasteiger partial charge in [0.2, 0.25) is 0 Å². The van der Waals surface area contributed by atoms with Gasteiger partial charge in [-0.15, -0.1) is 11.3 Å². The van der Waals surface area contributed by atoms with E-state index in [1.807, 2.05) is 17.9 Å². The van der Waals surface area contributed by atoms with Gasteiger partial charge in [0.15, 0.2) is 0 Å². The number of thiophene rings is 1. The third-order valence-corrected chi connectivity index (χ3v) is 2.16. The Labute approximate surface area is 56.8 Å². The van der Waals surface area contributed by atoms with Gasteiger partial charge in [-0.3, -0.25) is 0 Å². The highest BCUT2D eigenvalue weighted by molar-refractivity contribution is 7.16. The highest BCUT2D eigenvalue weighted by atomic mass is 32.1. The van der Waals surface area contributed by atoms with E-state index in [1.54, 1.807) is 11.3 Å². The Balaban J connectivity index is 2.99. The first-order valence-electron chi connectivity index (χ1n) is 2.72. The van der Waals surface area contributed by atoms with Crippen molar-refractivity contribution in [2.45, 2.75) is 0 Å². The van der Waals surface area contributed by atoms with Gasteiger partial charge in [0, 0.05) is 7.05 Å². The lowest BCUT2D eigenvalue weighted by Gasteiger charge is -1.83. The van der Waals surface area contributed by atoms with Crippen LogP contribution in [0.25, 0.3) is 10.3 Å². The lowest BCUT2D eigenvalue weighted by molar-refractivity contribution is 0.948. The molecule has 3 heteroatoms. The van der Waals surface area contributed by atoms with Gasteiger partial charge < -0.3 is 4.57 Å². The topological polar surface area (TPSA) is 17.8 Å². The number of fused-ring (bicyclic) bond motifs is 1.